The van der Waals surface area contributed by atoms with E-state index in [1.54, 1.807) is 0 Å². The second-order valence-corrected chi connectivity index (χ2v) is 8.12. The van der Waals surface area contributed by atoms with Crippen LogP contribution in [-0.2, 0) is 11.2 Å². The van der Waals surface area contributed by atoms with Gasteiger partial charge in [0.05, 0.1) is 11.4 Å². The molecule has 4 heteroatoms. The summed E-state index contributed by atoms with van der Waals surface area (Å²) in [4.78, 5) is 12.8. The Labute approximate surface area is 182 Å². The van der Waals surface area contributed by atoms with E-state index in [9.17, 15) is 4.79 Å². The van der Waals surface area contributed by atoms with Crippen LogP contribution in [0.4, 0.5) is 5.82 Å². The van der Waals surface area contributed by atoms with Gasteiger partial charge < -0.3 is 5.32 Å². The number of carbonyl (C=O) groups excluding carboxylic acids is 1. The van der Waals surface area contributed by atoms with Gasteiger partial charge in [0.15, 0.2) is 0 Å². The Balaban J connectivity index is 1.73. The van der Waals surface area contributed by atoms with Crippen LogP contribution in [0.2, 0.25) is 0 Å². The van der Waals surface area contributed by atoms with E-state index >= 15 is 0 Å². The second-order valence-electron chi connectivity index (χ2n) is 8.12. The topological polar surface area (TPSA) is 46.9 Å². The molecule has 1 N–H and O–H groups in total. The molecular weight excluding hydrogens is 382 g/mol. The van der Waals surface area contributed by atoms with E-state index in [1.807, 2.05) is 35.0 Å². The molecule has 2 heterocycles. The first-order chi connectivity index (χ1) is 15.1. The lowest BCUT2D eigenvalue weighted by Gasteiger charge is -2.25. The Morgan fingerprint density at radius 2 is 1.68 bits per heavy atom. The quantitative estimate of drug-likeness (QED) is 0.459. The number of aryl methyl sites for hydroxylation is 2. The number of carbonyl (C=O) groups is 1. The number of nitrogens with one attached hydrogen (secondary N) is 1. The molecule has 1 atom stereocenters. The minimum atomic E-state index is -0.0379. The van der Waals surface area contributed by atoms with Crippen LogP contribution in [0.3, 0.4) is 0 Å². The summed E-state index contributed by atoms with van der Waals surface area (Å²) in [6.07, 6.45) is 1.41. The van der Waals surface area contributed by atoms with E-state index in [1.165, 1.54) is 11.1 Å². The van der Waals surface area contributed by atoms with Crippen molar-refractivity contribution in [1.29, 1.82) is 0 Å². The zero-order valence-electron chi connectivity index (χ0n) is 17.8. The molecule has 0 aliphatic carbocycles. The van der Waals surface area contributed by atoms with Crippen LogP contribution in [-0.4, -0.2) is 15.7 Å². The predicted octanol–water partition coefficient (Wildman–Crippen LogP) is 5.88. The number of hydrogen-bond acceptors (Lipinski definition) is 2. The van der Waals surface area contributed by atoms with Crippen molar-refractivity contribution in [1.82, 2.24) is 9.78 Å². The number of benzene rings is 3. The number of nitrogens with zero attached hydrogens (tertiary/aromatic N) is 2. The molecule has 0 fully saturated rings. The van der Waals surface area contributed by atoms with E-state index in [2.05, 4.69) is 67.7 Å². The first-order valence-electron chi connectivity index (χ1n) is 10.8. The summed E-state index contributed by atoms with van der Waals surface area (Å²) in [5.41, 5.74) is 7.61. The number of anilines is 1. The molecule has 31 heavy (non-hydrogen) atoms. The second kappa shape index (κ2) is 7.88. The highest BCUT2D eigenvalue weighted by Crippen LogP contribution is 2.43. The van der Waals surface area contributed by atoms with Gasteiger partial charge in [-0.3, -0.25) is 4.79 Å². The molecule has 154 valence electrons. The van der Waals surface area contributed by atoms with Gasteiger partial charge in [-0.05, 0) is 36.6 Å². The number of rotatable bonds is 4. The first kappa shape index (κ1) is 19.3. The Bertz CT molecular complexity index is 1220. The molecule has 3 aromatic carbocycles. The van der Waals surface area contributed by atoms with Crippen molar-refractivity contribution in [3.63, 3.8) is 0 Å². The number of hydrogen-bond donors (Lipinski definition) is 1. The normalized spacial score (nSPS) is 15.4. The lowest BCUT2D eigenvalue weighted by molar-refractivity contribution is -0.116. The molecule has 1 aliphatic rings. The van der Waals surface area contributed by atoms with Crippen molar-refractivity contribution in [3.05, 3.63) is 101 Å². The molecule has 5 rings (SSSR count). The van der Waals surface area contributed by atoms with Crippen molar-refractivity contribution < 1.29 is 4.79 Å². The van der Waals surface area contributed by atoms with Crippen molar-refractivity contribution in [3.8, 4) is 16.9 Å². The monoisotopic (exact) mass is 407 g/mol. The third-order valence-electron chi connectivity index (χ3n) is 6.03. The minimum Gasteiger partial charge on any atom is -0.310 e. The highest BCUT2D eigenvalue weighted by molar-refractivity contribution is 5.96. The smallest absolute Gasteiger partial charge is 0.226 e. The summed E-state index contributed by atoms with van der Waals surface area (Å²) >= 11 is 0. The van der Waals surface area contributed by atoms with Crippen molar-refractivity contribution in [2.24, 2.45) is 0 Å². The third-order valence-corrected chi connectivity index (χ3v) is 6.03. The summed E-state index contributed by atoms with van der Waals surface area (Å²) in [7, 11) is 0. The first-order valence-corrected chi connectivity index (χ1v) is 10.8. The maximum absolute atomic E-state index is 12.8. The maximum atomic E-state index is 12.8. The van der Waals surface area contributed by atoms with E-state index in [-0.39, 0.29) is 11.8 Å². The van der Waals surface area contributed by atoms with Crippen LogP contribution < -0.4 is 5.32 Å². The van der Waals surface area contributed by atoms with Crippen LogP contribution in [0.5, 0.6) is 0 Å². The largest absolute Gasteiger partial charge is 0.310 e. The summed E-state index contributed by atoms with van der Waals surface area (Å²) in [6, 6.07) is 27.1. The molecule has 1 unspecified atom stereocenters. The number of amides is 1. The maximum Gasteiger partial charge on any atom is 0.226 e. The van der Waals surface area contributed by atoms with Gasteiger partial charge in [-0.2, -0.15) is 5.10 Å². The summed E-state index contributed by atoms with van der Waals surface area (Å²) < 4.78 is 1.88. The average Bonchev–Trinajstić information content (AvgIpc) is 3.19. The fourth-order valence-corrected chi connectivity index (χ4v) is 4.30. The van der Waals surface area contributed by atoms with Gasteiger partial charge in [0.2, 0.25) is 5.91 Å². The van der Waals surface area contributed by atoms with E-state index in [4.69, 9.17) is 5.10 Å². The molecule has 1 aliphatic heterocycles. The Kier molecular flexibility index (Phi) is 4.91. The van der Waals surface area contributed by atoms with E-state index in [0.717, 1.165) is 40.3 Å². The summed E-state index contributed by atoms with van der Waals surface area (Å²) in [6.45, 7) is 4.22. The SMILES string of the molecule is CCc1ccc(C2CC(=O)Nc3c2c(-c2ccccc2)nn3-c2ccc(C)cc2)cc1. The lowest BCUT2D eigenvalue weighted by Crippen LogP contribution is -2.24. The van der Waals surface area contributed by atoms with E-state index in [0.29, 0.717) is 6.42 Å². The Hall–Kier alpha value is -3.66. The van der Waals surface area contributed by atoms with Gasteiger partial charge in [-0.15, -0.1) is 0 Å². The van der Waals surface area contributed by atoms with Crippen molar-refractivity contribution in [2.75, 3.05) is 5.32 Å². The molecule has 0 saturated heterocycles. The predicted molar refractivity (Wildman–Crippen MR) is 125 cm³/mol. The number of fused-ring (bicyclic) bond motifs is 1. The zero-order chi connectivity index (χ0) is 21.4. The average molecular weight is 408 g/mol. The van der Waals surface area contributed by atoms with Crippen LogP contribution in [0, 0.1) is 6.92 Å². The highest BCUT2D eigenvalue weighted by Gasteiger charge is 2.34. The van der Waals surface area contributed by atoms with Gasteiger partial charge in [-0.1, -0.05) is 79.2 Å². The third kappa shape index (κ3) is 3.55. The highest BCUT2D eigenvalue weighted by atomic mass is 16.1. The summed E-state index contributed by atoms with van der Waals surface area (Å²) in [5, 5.41) is 8.12. The van der Waals surface area contributed by atoms with Gasteiger partial charge in [0, 0.05) is 23.5 Å². The van der Waals surface area contributed by atoms with E-state index < -0.39 is 0 Å². The molecule has 4 aromatic rings. The Morgan fingerprint density at radius 1 is 0.968 bits per heavy atom. The molecule has 0 radical (unpaired) electrons. The Morgan fingerprint density at radius 3 is 2.35 bits per heavy atom. The summed E-state index contributed by atoms with van der Waals surface area (Å²) in [5.74, 6) is 0.748. The minimum absolute atomic E-state index is 0.0185. The van der Waals surface area contributed by atoms with Gasteiger partial charge >= 0.3 is 0 Å². The molecule has 1 amide bonds. The molecule has 4 nitrogen and oxygen atoms in total. The molecule has 1 aromatic heterocycles. The molecular formula is C27H25N3O. The lowest BCUT2D eigenvalue weighted by atomic mass is 9.84. The van der Waals surface area contributed by atoms with Crippen molar-refractivity contribution in [2.45, 2.75) is 32.6 Å². The molecule has 0 bridgehead atoms. The van der Waals surface area contributed by atoms with Crippen LogP contribution >= 0.6 is 0 Å². The molecule has 0 spiro atoms. The van der Waals surface area contributed by atoms with Gasteiger partial charge in [0.1, 0.15) is 5.82 Å². The van der Waals surface area contributed by atoms with Crippen LogP contribution in [0.15, 0.2) is 78.9 Å². The van der Waals surface area contributed by atoms with Gasteiger partial charge in [0.25, 0.3) is 0 Å². The number of aromatic nitrogens is 2. The van der Waals surface area contributed by atoms with Gasteiger partial charge in [-0.25, -0.2) is 4.68 Å². The van der Waals surface area contributed by atoms with Crippen LogP contribution in [0.25, 0.3) is 16.9 Å². The van der Waals surface area contributed by atoms with Crippen LogP contribution in [0.1, 0.15) is 41.5 Å². The fourth-order valence-electron chi connectivity index (χ4n) is 4.30. The fraction of sp³-hybridized carbons (Fsp3) is 0.185. The molecule has 0 saturated carbocycles. The zero-order valence-corrected chi connectivity index (χ0v) is 17.8. The van der Waals surface area contributed by atoms with Crippen molar-refractivity contribution >= 4 is 11.7 Å². The standard InChI is InChI=1S/C27H25N3O/c1-3-19-11-13-20(14-12-19)23-17-24(31)28-27-25(23)26(21-7-5-4-6-8-21)29-30(27)22-15-9-18(2)10-16-22/h4-16,23H,3,17H2,1-2H3,(H,28,31).